The van der Waals surface area contributed by atoms with Gasteiger partial charge in [0.15, 0.2) is 0 Å². The predicted molar refractivity (Wildman–Crippen MR) is 135 cm³/mol. The molecular formula is C26H23BrN4O3. The Labute approximate surface area is 205 Å². The molecule has 2 amide bonds. The molecule has 172 valence electrons. The number of hydrogen-bond donors (Lipinski definition) is 3. The summed E-state index contributed by atoms with van der Waals surface area (Å²) in [6.45, 7) is 0.353. The van der Waals surface area contributed by atoms with Crippen LogP contribution in [0, 0.1) is 0 Å². The quantitative estimate of drug-likeness (QED) is 0.300. The van der Waals surface area contributed by atoms with Gasteiger partial charge in [0, 0.05) is 23.0 Å². The molecule has 1 aromatic heterocycles. The molecule has 7 nitrogen and oxygen atoms in total. The van der Waals surface area contributed by atoms with Gasteiger partial charge in [-0.2, -0.15) is 0 Å². The number of methoxy groups -OCH3 is 1. The first-order valence-corrected chi connectivity index (χ1v) is 11.5. The second kappa shape index (κ2) is 10.8. The van der Waals surface area contributed by atoms with Crippen LogP contribution in [-0.4, -0.2) is 35.4 Å². The number of amides is 2. The van der Waals surface area contributed by atoms with Crippen molar-refractivity contribution in [2.75, 3.05) is 13.7 Å². The minimum absolute atomic E-state index is 0.139. The highest BCUT2D eigenvalue weighted by molar-refractivity contribution is 9.10. The Morgan fingerprint density at radius 2 is 1.85 bits per heavy atom. The summed E-state index contributed by atoms with van der Waals surface area (Å²) in [5.41, 5.74) is 3.15. The minimum atomic E-state index is -0.393. The SMILES string of the molecule is COc1ccc(C=C(NC(=O)c2cccc(Br)c2)C(=O)NCCc2nc3ccccc3[nH]2)cc1. The van der Waals surface area contributed by atoms with E-state index in [0.717, 1.165) is 26.9 Å². The number of imidazole rings is 1. The standard InChI is InChI=1S/C26H23BrN4O3/c1-34-20-11-9-17(10-12-20)15-23(31-25(32)18-5-4-6-19(27)16-18)26(33)28-14-13-24-29-21-7-2-3-8-22(21)30-24/h2-12,15-16H,13-14H2,1H3,(H,28,33)(H,29,30)(H,31,32). The van der Waals surface area contributed by atoms with Gasteiger partial charge in [-0.1, -0.05) is 46.3 Å². The van der Waals surface area contributed by atoms with Crippen LogP contribution in [-0.2, 0) is 11.2 Å². The Balaban J connectivity index is 1.48. The van der Waals surface area contributed by atoms with Gasteiger partial charge in [-0.3, -0.25) is 9.59 Å². The first-order chi connectivity index (χ1) is 16.5. The van der Waals surface area contributed by atoms with Crippen LogP contribution in [0.4, 0.5) is 0 Å². The number of nitrogens with one attached hydrogen (secondary N) is 3. The molecule has 8 heteroatoms. The molecule has 0 fully saturated rings. The van der Waals surface area contributed by atoms with Crippen LogP contribution in [0.3, 0.4) is 0 Å². The lowest BCUT2D eigenvalue weighted by atomic mass is 10.1. The number of fused-ring (bicyclic) bond motifs is 1. The first-order valence-electron chi connectivity index (χ1n) is 10.7. The summed E-state index contributed by atoms with van der Waals surface area (Å²) in [7, 11) is 1.59. The van der Waals surface area contributed by atoms with Gasteiger partial charge in [0.05, 0.1) is 18.1 Å². The van der Waals surface area contributed by atoms with E-state index in [2.05, 4.69) is 36.5 Å². The summed E-state index contributed by atoms with van der Waals surface area (Å²) in [6.07, 6.45) is 2.15. The molecule has 0 unspecified atom stereocenters. The van der Waals surface area contributed by atoms with E-state index in [4.69, 9.17) is 4.74 Å². The van der Waals surface area contributed by atoms with Gasteiger partial charge >= 0.3 is 0 Å². The van der Waals surface area contributed by atoms with Gasteiger partial charge in [-0.25, -0.2) is 4.98 Å². The lowest BCUT2D eigenvalue weighted by Gasteiger charge is -2.11. The smallest absolute Gasteiger partial charge is 0.267 e. The molecule has 4 rings (SSSR count). The minimum Gasteiger partial charge on any atom is -0.497 e. The number of aromatic amines is 1. The van der Waals surface area contributed by atoms with E-state index in [9.17, 15) is 9.59 Å². The van der Waals surface area contributed by atoms with E-state index in [1.165, 1.54) is 0 Å². The number of rotatable bonds is 8. The Bertz CT molecular complexity index is 1310. The summed E-state index contributed by atoms with van der Waals surface area (Å²) in [4.78, 5) is 33.6. The highest BCUT2D eigenvalue weighted by Crippen LogP contribution is 2.15. The number of halogens is 1. The summed E-state index contributed by atoms with van der Waals surface area (Å²) >= 11 is 3.37. The zero-order valence-electron chi connectivity index (χ0n) is 18.5. The number of ether oxygens (including phenoxy) is 1. The van der Waals surface area contributed by atoms with Gasteiger partial charge in [-0.05, 0) is 54.1 Å². The zero-order valence-corrected chi connectivity index (χ0v) is 20.1. The van der Waals surface area contributed by atoms with Crippen molar-refractivity contribution in [2.24, 2.45) is 0 Å². The van der Waals surface area contributed by atoms with E-state index in [0.29, 0.717) is 24.3 Å². The Hall–Kier alpha value is -3.91. The van der Waals surface area contributed by atoms with E-state index < -0.39 is 5.91 Å². The van der Waals surface area contributed by atoms with E-state index in [1.54, 1.807) is 43.5 Å². The lowest BCUT2D eigenvalue weighted by molar-refractivity contribution is -0.117. The Kier molecular flexibility index (Phi) is 7.39. The third-order valence-corrected chi connectivity index (χ3v) is 5.59. The Morgan fingerprint density at radius 1 is 1.06 bits per heavy atom. The topological polar surface area (TPSA) is 96.1 Å². The molecule has 0 atom stereocenters. The average Bonchev–Trinajstić information content (AvgIpc) is 3.27. The molecule has 0 aliphatic heterocycles. The molecule has 3 aromatic carbocycles. The third-order valence-electron chi connectivity index (χ3n) is 5.09. The van der Waals surface area contributed by atoms with Crippen LogP contribution >= 0.6 is 15.9 Å². The van der Waals surface area contributed by atoms with Crippen LogP contribution in [0.15, 0.2) is 83.0 Å². The predicted octanol–water partition coefficient (Wildman–Crippen LogP) is 4.46. The number of carbonyl (C=O) groups excluding carboxylic acids is 2. The zero-order chi connectivity index (χ0) is 23.9. The molecule has 0 spiro atoms. The molecule has 0 radical (unpaired) electrons. The second-order valence-electron chi connectivity index (χ2n) is 7.50. The molecule has 0 saturated carbocycles. The molecule has 4 aromatic rings. The third kappa shape index (κ3) is 5.90. The van der Waals surface area contributed by atoms with E-state index >= 15 is 0 Å². The maximum absolute atomic E-state index is 13.0. The maximum atomic E-state index is 13.0. The van der Waals surface area contributed by atoms with Gasteiger partial charge in [0.25, 0.3) is 11.8 Å². The molecule has 3 N–H and O–H groups in total. The van der Waals surface area contributed by atoms with Crippen LogP contribution in [0.5, 0.6) is 5.75 Å². The van der Waals surface area contributed by atoms with Gasteiger partial charge < -0.3 is 20.4 Å². The van der Waals surface area contributed by atoms with Crippen molar-refractivity contribution in [3.8, 4) is 5.75 Å². The molecular weight excluding hydrogens is 496 g/mol. The summed E-state index contributed by atoms with van der Waals surface area (Å²) < 4.78 is 5.96. The maximum Gasteiger partial charge on any atom is 0.267 e. The first kappa shape index (κ1) is 23.3. The van der Waals surface area contributed by atoms with Crippen molar-refractivity contribution in [3.63, 3.8) is 0 Å². The van der Waals surface area contributed by atoms with Crippen molar-refractivity contribution >= 4 is 44.9 Å². The fourth-order valence-electron chi connectivity index (χ4n) is 3.36. The summed E-state index contributed by atoms with van der Waals surface area (Å²) in [5.74, 6) is 0.705. The molecule has 0 saturated heterocycles. The molecule has 0 aliphatic carbocycles. The molecule has 34 heavy (non-hydrogen) atoms. The van der Waals surface area contributed by atoms with Crippen LogP contribution < -0.4 is 15.4 Å². The van der Waals surface area contributed by atoms with Crippen LogP contribution in [0.25, 0.3) is 17.1 Å². The molecule has 1 heterocycles. The lowest BCUT2D eigenvalue weighted by Crippen LogP contribution is -2.35. The normalized spacial score (nSPS) is 11.3. The summed E-state index contributed by atoms with van der Waals surface area (Å²) in [5, 5.41) is 5.61. The van der Waals surface area contributed by atoms with E-state index in [1.807, 2.05) is 42.5 Å². The van der Waals surface area contributed by atoms with Crippen molar-refractivity contribution < 1.29 is 14.3 Å². The number of carbonyl (C=O) groups is 2. The molecule has 0 aliphatic rings. The van der Waals surface area contributed by atoms with Gasteiger partial charge in [0.2, 0.25) is 0 Å². The number of aromatic nitrogens is 2. The van der Waals surface area contributed by atoms with Crippen molar-refractivity contribution in [1.82, 2.24) is 20.6 Å². The largest absolute Gasteiger partial charge is 0.497 e. The number of nitrogens with zero attached hydrogens (tertiary/aromatic N) is 1. The summed E-state index contributed by atoms with van der Waals surface area (Å²) in [6, 6.07) is 21.9. The highest BCUT2D eigenvalue weighted by atomic mass is 79.9. The number of benzene rings is 3. The van der Waals surface area contributed by atoms with Crippen molar-refractivity contribution in [2.45, 2.75) is 6.42 Å². The monoisotopic (exact) mass is 518 g/mol. The Morgan fingerprint density at radius 3 is 2.59 bits per heavy atom. The fraction of sp³-hybridized carbons (Fsp3) is 0.115. The fourth-order valence-corrected chi connectivity index (χ4v) is 3.76. The van der Waals surface area contributed by atoms with Gasteiger partial charge in [-0.15, -0.1) is 0 Å². The number of hydrogen-bond acceptors (Lipinski definition) is 4. The highest BCUT2D eigenvalue weighted by Gasteiger charge is 2.15. The van der Waals surface area contributed by atoms with Gasteiger partial charge in [0.1, 0.15) is 17.3 Å². The van der Waals surface area contributed by atoms with Crippen LogP contribution in [0.1, 0.15) is 21.7 Å². The van der Waals surface area contributed by atoms with E-state index in [-0.39, 0.29) is 11.6 Å². The number of para-hydroxylation sites is 2. The second-order valence-corrected chi connectivity index (χ2v) is 8.42. The number of H-pyrrole nitrogens is 1. The average molecular weight is 519 g/mol. The molecule has 0 bridgehead atoms. The van der Waals surface area contributed by atoms with Crippen LogP contribution in [0.2, 0.25) is 0 Å². The van der Waals surface area contributed by atoms with Crippen molar-refractivity contribution in [3.05, 3.63) is 99.9 Å². The van der Waals surface area contributed by atoms with Crippen molar-refractivity contribution in [1.29, 1.82) is 0 Å².